The van der Waals surface area contributed by atoms with Crippen LogP contribution in [-0.2, 0) is 11.3 Å². The van der Waals surface area contributed by atoms with E-state index in [2.05, 4.69) is 20.8 Å². The molecule has 3 rings (SSSR count). The SMILES string of the molecule is CCN(CC(=O)Nc1cc(Cl)ccc1C)Cc1nnc(C(=O)Nc2ccc(F)cc2)s1. The molecule has 2 amide bonds. The highest BCUT2D eigenvalue weighted by Crippen LogP contribution is 2.20. The highest BCUT2D eigenvalue weighted by atomic mass is 35.5. The van der Waals surface area contributed by atoms with E-state index in [0.717, 1.165) is 16.9 Å². The van der Waals surface area contributed by atoms with Crippen LogP contribution in [0.2, 0.25) is 5.02 Å². The van der Waals surface area contributed by atoms with Crippen molar-refractivity contribution in [1.29, 1.82) is 0 Å². The molecule has 0 aliphatic carbocycles. The predicted octanol–water partition coefficient (Wildman–Crippen LogP) is 4.35. The number of hydrogen-bond donors (Lipinski definition) is 2. The molecular formula is C21H21ClFN5O2S. The van der Waals surface area contributed by atoms with E-state index < -0.39 is 5.91 Å². The zero-order valence-electron chi connectivity index (χ0n) is 17.0. The molecule has 0 radical (unpaired) electrons. The maximum Gasteiger partial charge on any atom is 0.286 e. The van der Waals surface area contributed by atoms with Crippen LogP contribution in [0.3, 0.4) is 0 Å². The molecule has 0 atom stereocenters. The van der Waals surface area contributed by atoms with E-state index in [1.165, 1.54) is 24.3 Å². The van der Waals surface area contributed by atoms with Gasteiger partial charge in [-0.1, -0.05) is 35.9 Å². The average molecular weight is 462 g/mol. The van der Waals surface area contributed by atoms with Gasteiger partial charge in [0.15, 0.2) is 0 Å². The number of carbonyl (C=O) groups excluding carboxylic acids is 2. The van der Waals surface area contributed by atoms with Gasteiger partial charge in [-0.25, -0.2) is 4.39 Å². The third-order valence-electron chi connectivity index (χ3n) is 4.41. The van der Waals surface area contributed by atoms with Gasteiger partial charge in [0.05, 0.1) is 13.1 Å². The smallest absolute Gasteiger partial charge is 0.286 e. The summed E-state index contributed by atoms with van der Waals surface area (Å²) in [6.45, 7) is 4.96. The quantitative estimate of drug-likeness (QED) is 0.520. The average Bonchev–Trinajstić information content (AvgIpc) is 3.20. The van der Waals surface area contributed by atoms with Crippen LogP contribution in [-0.4, -0.2) is 40.0 Å². The van der Waals surface area contributed by atoms with Crippen molar-refractivity contribution in [1.82, 2.24) is 15.1 Å². The van der Waals surface area contributed by atoms with Crippen molar-refractivity contribution in [3.05, 3.63) is 68.9 Å². The van der Waals surface area contributed by atoms with Crippen LogP contribution in [0.5, 0.6) is 0 Å². The Bertz CT molecular complexity index is 1070. The third kappa shape index (κ3) is 6.55. The van der Waals surface area contributed by atoms with Crippen LogP contribution in [0, 0.1) is 12.7 Å². The molecule has 1 heterocycles. The standard InChI is InChI=1S/C21H21ClFN5O2S/c1-3-28(11-18(29)25-17-10-14(22)5-4-13(17)2)12-19-26-27-21(31-19)20(30)24-16-8-6-15(23)7-9-16/h4-10H,3,11-12H2,1-2H3,(H,24,30)(H,25,29). The molecule has 2 N–H and O–H groups in total. The number of anilines is 2. The third-order valence-corrected chi connectivity index (χ3v) is 5.55. The number of aromatic nitrogens is 2. The lowest BCUT2D eigenvalue weighted by molar-refractivity contribution is -0.117. The zero-order valence-corrected chi connectivity index (χ0v) is 18.6. The van der Waals surface area contributed by atoms with Crippen molar-refractivity contribution in [2.24, 2.45) is 0 Å². The van der Waals surface area contributed by atoms with Crippen LogP contribution in [0.1, 0.15) is 27.3 Å². The van der Waals surface area contributed by atoms with Gasteiger partial charge in [0.1, 0.15) is 10.8 Å². The maximum absolute atomic E-state index is 13.0. The van der Waals surface area contributed by atoms with Gasteiger partial charge in [0.25, 0.3) is 5.91 Å². The van der Waals surface area contributed by atoms with Gasteiger partial charge < -0.3 is 10.6 Å². The summed E-state index contributed by atoms with van der Waals surface area (Å²) in [6.07, 6.45) is 0. The molecule has 162 valence electrons. The van der Waals surface area contributed by atoms with Crippen molar-refractivity contribution >= 4 is 46.1 Å². The van der Waals surface area contributed by atoms with Crippen molar-refractivity contribution in [2.75, 3.05) is 23.7 Å². The summed E-state index contributed by atoms with van der Waals surface area (Å²) in [7, 11) is 0. The molecule has 7 nitrogen and oxygen atoms in total. The molecule has 0 fully saturated rings. The lowest BCUT2D eigenvalue weighted by Gasteiger charge is -2.18. The van der Waals surface area contributed by atoms with Crippen LogP contribution < -0.4 is 10.6 Å². The number of benzene rings is 2. The minimum Gasteiger partial charge on any atom is -0.325 e. The first-order valence-corrected chi connectivity index (χ1v) is 10.7. The maximum atomic E-state index is 13.0. The van der Waals surface area contributed by atoms with Gasteiger partial charge in [0.2, 0.25) is 10.9 Å². The fraction of sp³-hybridized carbons (Fsp3) is 0.238. The largest absolute Gasteiger partial charge is 0.325 e. The first-order valence-electron chi connectivity index (χ1n) is 9.51. The Kier molecular flexibility index (Phi) is 7.67. The second kappa shape index (κ2) is 10.4. The topological polar surface area (TPSA) is 87.2 Å². The molecule has 2 aromatic carbocycles. The van der Waals surface area contributed by atoms with E-state index in [1.54, 1.807) is 12.1 Å². The van der Waals surface area contributed by atoms with E-state index in [-0.39, 0.29) is 23.3 Å². The molecule has 0 saturated carbocycles. The molecular weight excluding hydrogens is 441 g/mol. The molecule has 0 unspecified atom stereocenters. The van der Waals surface area contributed by atoms with Crippen LogP contribution in [0.25, 0.3) is 0 Å². The van der Waals surface area contributed by atoms with Gasteiger partial charge in [0, 0.05) is 16.4 Å². The van der Waals surface area contributed by atoms with E-state index in [1.807, 2.05) is 24.8 Å². The van der Waals surface area contributed by atoms with Gasteiger partial charge >= 0.3 is 0 Å². The molecule has 0 saturated heterocycles. The van der Waals surface area contributed by atoms with E-state index in [9.17, 15) is 14.0 Å². The van der Waals surface area contributed by atoms with Crippen molar-refractivity contribution in [2.45, 2.75) is 20.4 Å². The fourth-order valence-electron chi connectivity index (χ4n) is 2.72. The molecule has 31 heavy (non-hydrogen) atoms. The Morgan fingerprint density at radius 2 is 1.87 bits per heavy atom. The Hall–Kier alpha value is -2.88. The van der Waals surface area contributed by atoms with E-state index in [0.29, 0.717) is 34.5 Å². The van der Waals surface area contributed by atoms with Crippen molar-refractivity contribution in [3.8, 4) is 0 Å². The Balaban J connectivity index is 1.57. The number of halogens is 2. The summed E-state index contributed by atoms with van der Waals surface area (Å²) in [4.78, 5) is 26.7. The summed E-state index contributed by atoms with van der Waals surface area (Å²) in [5.41, 5.74) is 2.05. The van der Waals surface area contributed by atoms with Crippen LogP contribution in [0.4, 0.5) is 15.8 Å². The number of nitrogens with zero attached hydrogens (tertiary/aromatic N) is 3. The number of rotatable bonds is 8. The predicted molar refractivity (Wildman–Crippen MR) is 120 cm³/mol. The molecule has 0 aliphatic rings. The summed E-state index contributed by atoms with van der Waals surface area (Å²) >= 11 is 7.14. The molecule has 1 aromatic heterocycles. The van der Waals surface area contributed by atoms with Gasteiger partial charge in [-0.3, -0.25) is 14.5 Å². The summed E-state index contributed by atoms with van der Waals surface area (Å²) in [5.74, 6) is -0.982. The second-order valence-electron chi connectivity index (χ2n) is 6.77. The normalized spacial score (nSPS) is 10.9. The van der Waals surface area contributed by atoms with Gasteiger partial charge in [-0.2, -0.15) is 0 Å². The summed E-state index contributed by atoms with van der Waals surface area (Å²) in [5, 5.41) is 14.8. The van der Waals surface area contributed by atoms with Gasteiger partial charge in [-0.15, -0.1) is 10.2 Å². The minimum atomic E-state index is -0.424. The highest BCUT2D eigenvalue weighted by molar-refractivity contribution is 7.13. The Labute approximate surface area is 188 Å². The lowest BCUT2D eigenvalue weighted by Crippen LogP contribution is -2.32. The molecule has 0 bridgehead atoms. The highest BCUT2D eigenvalue weighted by Gasteiger charge is 2.17. The molecule has 10 heteroatoms. The fourth-order valence-corrected chi connectivity index (χ4v) is 3.67. The summed E-state index contributed by atoms with van der Waals surface area (Å²) in [6, 6.07) is 10.8. The first kappa shape index (κ1) is 22.8. The van der Waals surface area contributed by atoms with Gasteiger partial charge in [-0.05, 0) is 55.4 Å². The Morgan fingerprint density at radius 3 is 2.58 bits per heavy atom. The number of amides is 2. The number of carbonyl (C=O) groups is 2. The number of aryl methyl sites for hydroxylation is 1. The van der Waals surface area contributed by atoms with Crippen LogP contribution in [0.15, 0.2) is 42.5 Å². The zero-order chi connectivity index (χ0) is 22.4. The van der Waals surface area contributed by atoms with E-state index >= 15 is 0 Å². The first-order chi connectivity index (χ1) is 14.8. The number of likely N-dealkylation sites (N-methyl/N-ethyl adjacent to an activating group) is 1. The number of nitrogens with one attached hydrogen (secondary N) is 2. The Morgan fingerprint density at radius 1 is 1.13 bits per heavy atom. The van der Waals surface area contributed by atoms with Crippen LogP contribution >= 0.6 is 22.9 Å². The number of hydrogen-bond acceptors (Lipinski definition) is 6. The van der Waals surface area contributed by atoms with Crippen molar-refractivity contribution < 1.29 is 14.0 Å². The molecule has 0 spiro atoms. The summed E-state index contributed by atoms with van der Waals surface area (Å²) < 4.78 is 13.0. The minimum absolute atomic E-state index is 0.152. The molecule has 3 aromatic rings. The van der Waals surface area contributed by atoms with Crippen molar-refractivity contribution in [3.63, 3.8) is 0 Å². The monoisotopic (exact) mass is 461 g/mol. The van der Waals surface area contributed by atoms with E-state index in [4.69, 9.17) is 11.6 Å². The second-order valence-corrected chi connectivity index (χ2v) is 8.27. The molecule has 0 aliphatic heterocycles. The lowest BCUT2D eigenvalue weighted by atomic mass is 10.2.